The van der Waals surface area contributed by atoms with E-state index in [4.69, 9.17) is 10.5 Å². The van der Waals surface area contributed by atoms with Gasteiger partial charge in [-0.1, -0.05) is 13.8 Å². The van der Waals surface area contributed by atoms with Gasteiger partial charge in [0.15, 0.2) is 0 Å². The van der Waals surface area contributed by atoms with Crippen LogP contribution in [0.15, 0.2) is 0 Å². The fourth-order valence-electron chi connectivity index (χ4n) is 2.16. The first-order chi connectivity index (χ1) is 6.46. The second-order valence-electron chi connectivity index (χ2n) is 5.06. The Hall–Kier alpha value is -0.410. The van der Waals surface area contributed by atoms with Crippen LogP contribution >= 0.6 is 0 Å². The minimum Gasteiger partial charge on any atom is -0.383 e. The smallest absolute Gasteiger partial charge is 0.137 e. The molecule has 1 fully saturated rings. The maximum atomic E-state index is 11.7. The second-order valence-corrected chi connectivity index (χ2v) is 5.06. The molecule has 0 aromatic rings. The Kier molecular flexibility index (Phi) is 3.67. The van der Waals surface area contributed by atoms with Crippen molar-refractivity contribution < 1.29 is 9.53 Å². The number of ether oxygens (including phenoxy) is 1. The molecule has 2 unspecified atom stereocenters. The summed E-state index contributed by atoms with van der Waals surface area (Å²) in [6.45, 7) is 4.88. The molecule has 3 nitrogen and oxygen atoms in total. The summed E-state index contributed by atoms with van der Waals surface area (Å²) in [7, 11) is 1.62. The van der Waals surface area contributed by atoms with Crippen LogP contribution in [0.25, 0.3) is 0 Å². The van der Waals surface area contributed by atoms with E-state index in [9.17, 15) is 4.79 Å². The number of hydrogen-bond acceptors (Lipinski definition) is 3. The van der Waals surface area contributed by atoms with Gasteiger partial charge in [-0.05, 0) is 18.3 Å². The highest BCUT2D eigenvalue weighted by Crippen LogP contribution is 2.37. The summed E-state index contributed by atoms with van der Waals surface area (Å²) in [5, 5.41) is 0. The standard InChI is InChI=1S/C11H21NO2/c1-11(2)5-4-10(13)8(6-11)9(12)7-14-3/h8-9H,4-7,12H2,1-3H3. The third kappa shape index (κ3) is 2.79. The van der Waals surface area contributed by atoms with Crippen LogP contribution in [0.3, 0.4) is 0 Å². The zero-order chi connectivity index (χ0) is 10.8. The van der Waals surface area contributed by atoms with E-state index in [1.807, 2.05) is 0 Å². The molecule has 2 atom stereocenters. The van der Waals surface area contributed by atoms with Crippen molar-refractivity contribution in [2.45, 2.75) is 39.2 Å². The molecule has 1 aliphatic carbocycles. The molecule has 0 spiro atoms. The molecule has 0 saturated heterocycles. The van der Waals surface area contributed by atoms with E-state index in [0.29, 0.717) is 18.8 Å². The molecule has 2 N–H and O–H groups in total. The number of carbonyl (C=O) groups is 1. The summed E-state index contributed by atoms with van der Waals surface area (Å²) >= 11 is 0. The minimum atomic E-state index is -0.132. The van der Waals surface area contributed by atoms with Crippen molar-refractivity contribution in [2.75, 3.05) is 13.7 Å². The Labute approximate surface area is 86.0 Å². The molecule has 0 aromatic heterocycles. The maximum Gasteiger partial charge on any atom is 0.137 e. The molecular weight excluding hydrogens is 178 g/mol. The van der Waals surface area contributed by atoms with E-state index >= 15 is 0 Å². The van der Waals surface area contributed by atoms with Crippen molar-refractivity contribution in [2.24, 2.45) is 17.1 Å². The highest BCUT2D eigenvalue weighted by molar-refractivity contribution is 5.82. The van der Waals surface area contributed by atoms with Gasteiger partial charge in [0, 0.05) is 25.5 Å². The lowest BCUT2D eigenvalue weighted by molar-refractivity contribution is -0.128. The number of nitrogens with two attached hydrogens (primary N) is 1. The first kappa shape index (κ1) is 11.7. The van der Waals surface area contributed by atoms with Gasteiger partial charge in [0.2, 0.25) is 0 Å². The van der Waals surface area contributed by atoms with Gasteiger partial charge in [0.1, 0.15) is 5.78 Å². The van der Waals surface area contributed by atoms with Crippen molar-refractivity contribution in [3.8, 4) is 0 Å². The van der Waals surface area contributed by atoms with Crippen LogP contribution in [-0.2, 0) is 9.53 Å². The first-order valence-corrected chi connectivity index (χ1v) is 5.23. The summed E-state index contributed by atoms with van der Waals surface area (Å²) in [4.78, 5) is 11.7. The van der Waals surface area contributed by atoms with Crippen molar-refractivity contribution in [3.63, 3.8) is 0 Å². The molecule has 0 amide bonds. The molecule has 1 aliphatic rings. The molecule has 0 heterocycles. The van der Waals surface area contributed by atoms with Crippen LogP contribution < -0.4 is 5.73 Å². The Morgan fingerprint density at radius 2 is 2.29 bits per heavy atom. The van der Waals surface area contributed by atoms with E-state index in [1.54, 1.807) is 7.11 Å². The summed E-state index contributed by atoms with van der Waals surface area (Å²) in [6, 6.07) is -0.132. The second kappa shape index (κ2) is 4.41. The molecule has 0 bridgehead atoms. The fourth-order valence-corrected chi connectivity index (χ4v) is 2.16. The van der Waals surface area contributed by atoms with Crippen molar-refractivity contribution in [3.05, 3.63) is 0 Å². The van der Waals surface area contributed by atoms with Crippen LogP contribution in [0.4, 0.5) is 0 Å². The normalized spacial score (nSPS) is 28.9. The average molecular weight is 199 g/mol. The molecule has 82 valence electrons. The first-order valence-electron chi connectivity index (χ1n) is 5.23. The quantitative estimate of drug-likeness (QED) is 0.746. The van der Waals surface area contributed by atoms with E-state index in [1.165, 1.54) is 0 Å². The lowest BCUT2D eigenvalue weighted by Crippen LogP contribution is -2.44. The molecule has 0 aliphatic heterocycles. The van der Waals surface area contributed by atoms with Crippen LogP contribution in [0.1, 0.15) is 33.1 Å². The Bertz CT molecular complexity index is 213. The number of ketones is 1. The summed E-state index contributed by atoms with van der Waals surface area (Å²) in [5.41, 5.74) is 6.18. The third-order valence-corrected chi connectivity index (χ3v) is 3.11. The van der Waals surface area contributed by atoms with Crippen LogP contribution in [0.2, 0.25) is 0 Å². The Morgan fingerprint density at radius 3 is 2.86 bits per heavy atom. The largest absolute Gasteiger partial charge is 0.383 e. The van der Waals surface area contributed by atoms with Gasteiger partial charge in [-0.3, -0.25) is 4.79 Å². The zero-order valence-electron chi connectivity index (χ0n) is 9.38. The van der Waals surface area contributed by atoms with E-state index in [2.05, 4.69) is 13.8 Å². The summed E-state index contributed by atoms with van der Waals surface area (Å²) in [5.74, 6) is 0.313. The SMILES string of the molecule is COCC(N)C1CC(C)(C)CCC1=O. The number of rotatable bonds is 3. The van der Waals surface area contributed by atoms with Gasteiger partial charge in [0.25, 0.3) is 0 Å². The monoisotopic (exact) mass is 199 g/mol. The van der Waals surface area contributed by atoms with E-state index in [-0.39, 0.29) is 17.4 Å². The predicted molar refractivity (Wildman–Crippen MR) is 56.0 cm³/mol. The number of methoxy groups -OCH3 is 1. The Balaban J connectivity index is 2.61. The van der Waals surface area contributed by atoms with Crippen molar-refractivity contribution in [1.82, 2.24) is 0 Å². The highest BCUT2D eigenvalue weighted by atomic mass is 16.5. The number of hydrogen-bond donors (Lipinski definition) is 1. The summed E-state index contributed by atoms with van der Waals surface area (Å²) < 4.78 is 5.00. The molecule has 1 saturated carbocycles. The van der Waals surface area contributed by atoms with Gasteiger partial charge in [-0.25, -0.2) is 0 Å². The van der Waals surface area contributed by atoms with Gasteiger partial charge in [-0.15, -0.1) is 0 Å². The fraction of sp³-hybridized carbons (Fsp3) is 0.909. The lowest BCUT2D eigenvalue weighted by Gasteiger charge is -2.36. The molecule has 0 radical (unpaired) electrons. The van der Waals surface area contributed by atoms with E-state index < -0.39 is 0 Å². The Morgan fingerprint density at radius 1 is 1.64 bits per heavy atom. The molecule has 3 heteroatoms. The van der Waals surface area contributed by atoms with Crippen molar-refractivity contribution >= 4 is 5.78 Å². The van der Waals surface area contributed by atoms with Crippen LogP contribution in [-0.4, -0.2) is 25.5 Å². The third-order valence-electron chi connectivity index (χ3n) is 3.11. The van der Waals surface area contributed by atoms with Crippen LogP contribution in [0, 0.1) is 11.3 Å². The van der Waals surface area contributed by atoms with Gasteiger partial charge in [-0.2, -0.15) is 0 Å². The molecule has 0 aromatic carbocycles. The maximum absolute atomic E-state index is 11.7. The summed E-state index contributed by atoms with van der Waals surface area (Å²) in [6.07, 6.45) is 2.56. The number of carbonyl (C=O) groups excluding carboxylic acids is 1. The van der Waals surface area contributed by atoms with Gasteiger partial charge in [0.05, 0.1) is 6.61 Å². The highest BCUT2D eigenvalue weighted by Gasteiger charge is 2.36. The van der Waals surface area contributed by atoms with Gasteiger partial charge >= 0.3 is 0 Å². The lowest BCUT2D eigenvalue weighted by atomic mass is 9.69. The number of Topliss-reactive ketones (excluding diaryl/α,β-unsaturated/α-hetero) is 1. The predicted octanol–water partition coefficient (Wildman–Crippen LogP) is 1.36. The van der Waals surface area contributed by atoms with E-state index in [0.717, 1.165) is 12.8 Å². The van der Waals surface area contributed by atoms with Crippen molar-refractivity contribution in [1.29, 1.82) is 0 Å². The topological polar surface area (TPSA) is 52.3 Å². The molecular formula is C11H21NO2. The molecule has 14 heavy (non-hydrogen) atoms. The van der Waals surface area contributed by atoms with Gasteiger partial charge < -0.3 is 10.5 Å². The average Bonchev–Trinajstić information content (AvgIpc) is 2.10. The van der Waals surface area contributed by atoms with Crippen LogP contribution in [0.5, 0.6) is 0 Å². The zero-order valence-corrected chi connectivity index (χ0v) is 9.38. The minimum absolute atomic E-state index is 0.00120. The molecule has 1 rings (SSSR count).